The molecule has 2 N–H and O–H groups in total. The molecular formula is C14H28O4. The molecule has 0 aromatic rings. The van der Waals surface area contributed by atoms with E-state index in [0.29, 0.717) is 6.42 Å². The van der Waals surface area contributed by atoms with Gasteiger partial charge in [0.15, 0.2) is 0 Å². The van der Waals surface area contributed by atoms with Crippen LogP contribution in [-0.2, 0) is 9.78 Å². The minimum absolute atomic E-state index is 0.348. The number of aliphatic hydroxyl groups is 2. The van der Waals surface area contributed by atoms with Gasteiger partial charge in [-0.3, -0.25) is 0 Å². The normalized spacial score (nSPS) is 17.1. The molecule has 0 heterocycles. The zero-order valence-corrected chi connectivity index (χ0v) is 12.5. The van der Waals surface area contributed by atoms with Crippen LogP contribution in [-0.4, -0.2) is 34.1 Å². The van der Waals surface area contributed by atoms with Crippen molar-refractivity contribution in [2.24, 2.45) is 0 Å². The zero-order valence-electron chi connectivity index (χ0n) is 12.5. The topological polar surface area (TPSA) is 58.9 Å². The van der Waals surface area contributed by atoms with E-state index < -0.39 is 17.3 Å². The highest BCUT2D eigenvalue weighted by molar-refractivity contribution is 4.95. The van der Waals surface area contributed by atoms with Crippen molar-refractivity contribution in [3.8, 4) is 0 Å². The Hall–Kier alpha value is -0.420. The number of allylic oxidation sites excluding steroid dienone is 2. The third-order valence-corrected chi connectivity index (χ3v) is 2.55. The van der Waals surface area contributed by atoms with Gasteiger partial charge in [0.2, 0.25) is 0 Å². The van der Waals surface area contributed by atoms with Gasteiger partial charge in [0.25, 0.3) is 0 Å². The predicted molar refractivity (Wildman–Crippen MR) is 72.1 cm³/mol. The number of rotatable bonds is 7. The molecule has 0 aliphatic carbocycles. The summed E-state index contributed by atoms with van der Waals surface area (Å²) < 4.78 is 0. The van der Waals surface area contributed by atoms with Crippen LogP contribution in [0, 0.1) is 0 Å². The van der Waals surface area contributed by atoms with Crippen molar-refractivity contribution in [2.75, 3.05) is 6.61 Å². The molecule has 0 aromatic carbocycles. The molecule has 0 aliphatic rings. The van der Waals surface area contributed by atoms with Gasteiger partial charge >= 0.3 is 0 Å². The van der Waals surface area contributed by atoms with Gasteiger partial charge in [0, 0.05) is 0 Å². The third kappa shape index (κ3) is 7.11. The first-order valence-corrected chi connectivity index (χ1v) is 6.40. The quantitative estimate of drug-likeness (QED) is 0.419. The molecule has 0 bridgehead atoms. The Morgan fingerprint density at radius 1 is 1.17 bits per heavy atom. The summed E-state index contributed by atoms with van der Waals surface area (Å²) in [6, 6.07) is 0. The van der Waals surface area contributed by atoms with Crippen LogP contribution in [0.25, 0.3) is 0 Å². The number of hydrogen-bond acceptors (Lipinski definition) is 4. The van der Waals surface area contributed by atoms with E-state index in [0.717, 1.165) is 6.42 Å². The summed E-state index contributed by atoms with van der Waals surface area (Å²) in [6.45, 7) is 11.1. The van der Waals surface area contributed by atoms with E-state index in [-0.39, 0.29) is 6.61 Å². The Bertz CT molecular complexity index is 263. The second-order valence-corrected chi connectivity index (χ2v) is 6.11. The summed E-state index contributed by atoms with van der Waals surface area (Å²) in [5.41, 5.74) is -0.145. The molecule has 18 heavy (non-hydrogen) atoms. The molecule has 0 rings (SSSR count). The van der Waals surface area contributed by atoms with Crippen LogP contribution in [0.4, 0.5) is 0 Å². The Balaban J connectivity index is 4.57. The molecule has 2 atom stereocenters. The van der Waals surface area contributed by atoms with E-state index in [1.165, 1.54) is 5.57 Å². The fraction of sp³-hybridized carbons (Fsp3) is 0.857. The first-order chi connectivity index (χ1) is 8.10. The highest BCUT2D eigenvalue weighted by atomic mass is 17.2. The largest absolute Gasteiger partial charge is 0.394 e. The van der Waals surface area contributed by atoms with E-state index >= 15 is 0 Å². The molecule has 0 radical (unpaired) electrons. The maximum atomic E-state index is 9.86. The number of hydrogen-bond donors (Lipinski definition) is 2. The highest BCUT2D eigenvalue weighted by Crippen LogP contribution is 2.25. The van der Waals surface area contributed by atoms with Crippen molar-refractivity contribution in [1.29, 1.82) is 0 Å². The summed E-state index contributed by atoms with van der Waals surface area (Å²) in [6.07, 6.45) is 2.45. The fourth-order valence-electron chi connectivity index (χ4n) is 1.32. The van der Waals surface area contributed by atoms with Crippen LogP contribution < -0.4 is 0 Å². The minimum atomic E-state index is -0.967. The standard InChI is InChI=1S/C14H28O4/c1-11(2)8-7-9-14(6,12(16)10-15)18-17-13(3,4)5/h8,12,15-16H,7,9-10H2,1-6H3. The van der Waals surface area contributed by atoms with Crippen molar-refractivity contribution in [3.05, 3.63) is 11.6 Å². The highest BCUT2D eigenvalue weighted by Gasteiger charge is 2.36. The monoisotopic (exact) mass is 260 g/mol. The molecule has 0 saturated carbocycles. The summed E-state index contributed by atoms with van der Waals surface area (Å²) in [5, 5.41) is 19.0. The Kier molecular flexibility index (Phi) is 7.07. The molecule has 0 amide bonds. The van der Waals surface area contributed by atoms with Gasteiger partial charge in [0.1, 0.15) is 11.7 Å². The van der Waals surface area contributed by atoms with Gasteiger partial charge < -0.3 is 10.2 Å². The third-order valence-electron chi connectivity index (χ3n) is 2.55. The average Bonchev–Trinajstić information content (AvgIpc) is 2.24. The molecule has 0 aliphatic heterocycles. The van der Waals surface area contributed by atoms with Gasteiger partial charge in [-0.25, -0.2) is 9.78 Å². The predicted octanol–water partition coefficient (Wildman–Crippen LogP) is 2.59. The van der Waals surface area contributed by atoms with E-state index in [2.05, 4.69) is 6.08 Å². The lowest BCUT2D eigenvalue weighted by Crippen LogP contribution is -2.45. The van der Waals surface area contributed by atoms with Crippen LogP contribution >= 0.6 is 0 Å². The SMILES string of the molecule is CC(C)=CCCC(C)(OOC(C)(C)C)C(O)CO. The second kappa shape index (κ2) is 7.24. The summed E-state index contributed by atoms with van der Waals surface area (Å²) in [4.78, 5) is 10.7. The molecule has 0 aromatic heterocycles. The van der Waals surface area contributed by atoms with Crippen molar-refractivity contribution in [1.82, 2.24) is 0 Å². The van der Waals surface area contributed by atoms with Gasteiger partial charge in [0.05, 0.1) is 12.2 Å². The van der Waals surface area contributed by atoms with Crippen LogP contribution in [0.2, 0.25) is 0 Å². The Morgan fingerprint density at radius 2 is 1.72 bits per heavy atom. The second-order valence-electron chi connectivity index (χ2n) is 6.11. The first kappa shape index (κ1) is 17.6. The van der Waals surface area contributed by atoms with Gasteiger partial charge in [-0.1, -0.05) is 11.6 Å². The summed E-state index contributed by atoms with van der Waals surface area (Å²) in [7, 11) is 0. The zero-order chi connectivity index (χ0) is 14.4. The average molecular weight is 260 g/mol. The Morgan fingerprint density at radius 3 is 2.11 bits per heavy atom. The van der Waals surface area contributed by atoms with Crippen molar-refractivity contribution < 1.29 is 20.0 Å². The summed E-state index contributed by atoms with van der Waals surface area (Å²) >= 11 is 0. The lowest BCUT2D eigenvalue weighted by atomic mass is 9.93. The maximum Gasteiger partial charge on any atom is 0.129 e. The summed E-state index contributed by atoms with van der Waals surface area (Å²) in [5.74, 6) is 0. The molecule has 0 spiro atoms. The van der Waals surface area contributed by atoms with Gasteiger partial charge in [-0.2, -0.15) is 0 Å². The lowest BCUT2D eigenvalue weighted by Gasteiger charge is -2.34. The first-order valence-electron chi connectivity index (χ1n) is 6.40. The van der Waals surface area contributed by atoms with E-state index in [9.17, 15) is 5.11 Å². The molecule has 4 heteroatoms. The van der Waals surface area contributed by atoms with Crippen LogP contribution in [0.15, 0.2) is 11.6 Å². The van der Waals surface area contributed by atoms with Crippen molar-refractivity contribution >= 4 is 0 Å². The smallest absolute Gasteiger partial charge is 0.129 e. The molecule has 108 valence electrons. The molecule has 0 saturated heterocycles. The van der Waals surface area contributed by atoms with Crippen molar-refractivity contribution in [3.63, 3.8) is 0 Å². The molecule has 2 unspecified atom stereocenters. The van der Waals surface area contributed by atoms with Crippen LogP contribution in [0.1, 0.15) is 54.4 Å². The van der Waals surface area contributed by atoms with Gasteiger partial charge in [-0.15, -0.1) is 0 Å². The lowest BCUT2D eigenvalue weighted by molar-refractivity contribution is -0.415. The van der Waals surface area contributed by atoms with E-state index in [1.54, 1.807) is 6.92 Å². The van der Waals surface area contributed by atoms with E-state index in [1.807, 2.05) is 34.6 Å². The van der Waals surface area contributed by atoms with Gasteiger partial charge in [-0.05, 0) is 54.4 Å². The van der Waals surface area contributed by atoms with Crippen LogP contribution in [0.5, 0.6) is 0 Å². The molecule has 0 fully saturated rings. The number of aliphatic hydroxyl groups excluding tert-OH is 2. The Labute approximate surface area is 111 Å². The van der Waals surface area contributed by atoms with E-state index in [4.69, 9.17) is 14.9 Å². The maximum absolute atomic E-state index is 9.86. The minimum Gasteiger partial charge on any atom is -0.394 e. The van der Waals surface area contributed by atoms with Crippen molar-refractivity contribution in [2.45, 2.75) is 71.7 Å². The van der Waals surface area contributed by atoms with Crippen LogP contribution in [0.3, 0.4) is 0 Å². The molecular weight excluding hydrogens is 232 g/mol. The molecule has 4 nitrogen and oxygen atoms in total. The fourth-order valence-corrected chi connectivity index (χ4v) is 1.32.